The van der Waals surface area contributed by atoms with Gasteiger partial charge in [-0.05, 0) is 98.6 Å². The fraction of sp³-hybridized carbons (Fsp3) is 0.556. The van der Waals surface area contributed by atoms with Crippen LogP contribution in [0.25, 0.3) is 0 Å². The predicted octanol–water partition coefficient (Wildman–Crippen LogP) is 5.71. The Hall–Kier alpha value is -2.04. The van der Waals surface area contributed by atoms with Crippen molar-refractivity contribution in [2.24, 2.45) is 0 Å². The second-order valence-corrected chi connectivity index (χ2v) is 9.30. The van der Waals surface area contributed by atoms with Crippen LogP contribution in [0.15, 0.2) is 58.2 Å². The van der Waals surface area contributed by atoms with Gasteiger partial charge in [-0.25, -0.2) is 0 Å². The largest absolute Gasteiger partial charge is 0.390 e. The molecule has 0 saturated carbocycles. The van der Waals surface area contributed by atoms with Crippen LogP contribution in [0, 0.1) is 0 Å². The predicted molar refractivity (Wildman–Crippen MR) is 128 cm³/mol. The number of hydrogen-bond acceptors (Lipinski definition) is 4. The first-order chi connectivity index (χ1) is 14.4. The van der Waals surface area contributed by atoms with Gasteiger partial charge in [-0.15, -0.1) is 0 Å². The van der Waals surface area contributed by atoms with Gasteiger partial charge < -0.3 is 10.2 Å². The molecule has 2 atom stereocenters. The normalized spacial score (nSPS) is 18.3. The molecule has 172 valence electrons. The van der Waals surface area contributed by atoms with E-state index in [1.165, 1.54) is 28.9 Å². The number of ketones is 2. The second-order valence-electron chi connectivity index (χ2n) is 9.30. The molecule has 0 aliphatic heterocycles. The van der Waals surface area contributed by atoms with Crippen molar-refractivity contribution in [3.63, 3.8) is 0 Å². The van der Waals surface area contributed by atoms with Gasteiger partial charge in [-0.2, -0.15) is 0 Å². The van der Waals surface area contributed by atoms with Gasteiger partial charge in [0.15, 0.2) is 11.6 Å². The first kappa shape index (κ1) is 27.0. The lowest BCUT2D eigenvalue weighted by atomic mass is 9.89. The highest BCUT2D eigenvalue weighted by atomic mass is 16.3. The van der Waals surface area contributed by atoms with Crippen molar-refractivity contribution in [3.8, 4) is 0 Å². The van der Waals surface area contributed by atoms with E-state index in [2.05, 4.69) is 19.1 Å². The Labute approximate surface area is 188 Å². The quantitative estimate of drug-likeness (QED) is 0.308. The molecule has 1 aliphatic rings. The first-order valence-corrected chi connectivity index (χ1v) is 11.2. The fourth-order valence-corrected chi connectivity index (χ4v) is 3.49. The molecule has 0 spiro atoms. The van der Waals surface area contributed by atoms with Crippen molar-refractivity contribution in [3.05, 3.63) is 58.2 Å². The van der Waals surface area contributed by atoms with Gasteiger partial charge in [0.2, 0.25) is 0 Å². The van der Waals surface area contributed by atoms with Gasteiger partial charge in [0.25, 0.3) is 0 Å². The summed E-state index contributed by atoms with van der Waals surface area (Å²) < 4.78 is 0. The van der Waals surface area contributed by atoms with Crippen LogP contribution in [0.5, 0.6) is 0 Å². The highest BCUT2D eigenvalue weighted by molar-refractivity contribution is 6.20. The minimum absolute atomic E-state index is 0.0466. The van der Waals surface area contributed by atoms with Gasteiger partial charge in [0.1, 0.15) is 0 Å². The van der Waals surface area contributed by atoms with Gasteiger partial charge in [-0.1, -0.05) is 34.9 Å². The summed E-state index contributed by atoms with van der Waals surface area (Å²) in [4.78, 5) is 23.7. The van der Waals surface area contributed by atoms with E-state index in [9.17, 15) is 19.8 Å². The van der Waals surface area contributed by atoms with E-state index < -0.39 is 11.7 Å². The molecule has 0 aromatic heterocycles. The zero-order chi connectivity index (χ0) is 23.6. The first-order valence-electron chi connectivity index (χ1n) is 11.2. The molecule has 4 heteroatoms. The monoisotopic (exact) mass is 428 g/mol. The topological polar surface area (TPSA) is 74.6 Å². The highest BCUT2D eigenvalue weighted by Crippen LogP contribution is 2.23. The summed E-state index contributed by atoms with van der Waals surface area (Å²) in [6.07, 6.45) is 13.2. The van der Waals surface area contributed by atoms with E-state index in [0.717, 1.165) is 25.7 Å². The molecule has 31 heavy (non-hydrogen) atoms. The van der Waals surface area contributed by atoms with Crippen molar-refractivity contribution >= 4 is 11.6 Å². The number of aliphatic hydroxyl groups is 2. The number of carbonyl (C=O) groups excluding carboxylic acids is 2. The lowest BCUT2D eigenvalue weighted by molar-refractivity contribution is -0.115. The van der Waals surface area contributed by atoms with Crippen molar-refractivity contribution in [2.75, 3.05) is 0 Å². The number of aliphatic hydroxyl groups excluding tert-OH is 1. The van der Waals surface area contributed by atoms with Crippen LogP contribution in [0.3, 0.4) is 0 Å². The smallest absolute Gasteiger partial charge is 0.185 e. The molecule has 4 nitrogen and oxygen atoms in total. The van der Waals surface area contributed by atoms with Crippen LogP contribution < -0.4 is 0 Å². The zero-order valence-corrected chi connectivity index (χ0v) is 20.1. The lowest BCUT2D eigenvalue weighted by Gasteiger charge is -2.29. The number of hydrogen-bond donors (Lipinski definition) is 2. The molecular weight excluding hydrogens is 388 g/mol. The number of Topliss-reactive ketones (excluding diaryl/α,β-unsaturated/α-hetero) is 1. The van der Waals surface area contributed by atoms with Crippen LogP contribution >= 0.6 is 0 Å². The molecule has 0 saturated heterocycles. The third-order valence-corrected chi connectivity index (χ3v) is 5.76. The summed E-state index contributed by atoms with van der Waals surface area (Å²) in [6, 6.07) is 0. The van der Waals surface area contributed by atoms with E-state index >= 15 is 0 Å². The molecule has 0 bridgehead atoms. The molecule has 0 aromatic rings. The maximum Gasteiger partial charge on any atom is 0.185 e. The molecule has 1 rings (SSSR count). The Kier molecular flexibility index (Phi) is 11.1. The summed E-state index contributed by atoms with van der Waals surface area (Å²) in [6.45, 7) is 11.5. The zero-order valence-electron chi connectivity index (χ0n) is 20.1. The molecular formula is C27H40O4. The van der Waals surface area contributed by atoms with Gasteiger partial charge in [0.05, 0.1) is 11.7 Å². The van der Waals surface area contributed by atoms with E-state index in [1.807, 2.05) is 26.8 Å². The van der Waals surface area contributed by atoms with E-state index in [-0.39, 0.29) is 11.6 Å². The van der Waals surface area contributed by atoms with Crippen molar-refractivity contribution in [1.29, 1.82) is 0 Å². The third kappa shape index (κ3) is 10.2. The molecule has 0 amide bonds. The van der Waals surface area contributed by atoms with E-state index in [0.29, 0.717) is 30.4 Å². The summed E-state index contributed by atoms with van der Waals surface area (Å²) in [5.74, 6) is -0.162. The minimum atomic E-state index is -1.08. The summed E-state index contributed by atoms with van der Waals surface area (Å²) in [5, 5.41) is 20.9. The minimum Gasteiger partial charge on any atom is -0.390 e. The number of rotatable bonds is 12. The number of carbonyl (C=O) groups is 2. The molecule has 0 unspecified atom stereocenters. The Balaban J connectivity index is 2.43. The summed E-state index contributed by atoms with van der Waals surface area (Å²) in [5.41, 5.74) is 3.58. The molecule has 2 N–H and O–H groups in total. The average molecular weight is 429 g/mol. The van der Waals surface area contributed by atoms with Crippen LogP contribution in [0.1, 0.15) is 86.5 Å². The van der Waals surface area contributed by atoms with Gasteiger partial charge in [-0.3, -0.25) is 9.59 Å². The van der Waals surface area contributed by atoms with Crippen LogP contribution in [0.4, 0.5) is 0 Å². The summed E-state index contributed by atoms with van der Waals surface area (Å²) >= 11 is 0. The van der Waals surface area contributed by atoms with Crippen LogP contribution in [-0.4, -0.2) is 33.5 Å². The Morgan fingerprint density at radius 1 is 1.00 bits per heavy atom. The maximum absolute atomic E-state index is 12.1. The van der Waals surface area contributed by atoms with Crippen molar-refractivity contribution in [2.45, 2.75) is 98.2 Å². The molecule has 1 aliphatic carbocycles. The third-order valence-electron chi connectivity index (χ3n) is 5.76. The maximum atomic E-state index is 12.1. The highest BCUT2D eigenvalue weighted by Gasteiger charge is 2.29. The number of allylic oxidation sites excluding steroid dienone is 10. The second kappa shape index (κ2) is 12.7. The van der Waals surface area contributed by atoms with Crippen molar-refractivity contribution in [1.82, 2.24) is 0 Å². The van der Waals surface area contributed by atoms with E-state index in [4.69, 9.17) is 0 Å². The summed E-state index contributed by atoms with van der Waals surface area (Å²) in [7, 11) is 0. The Morgan fingerprint density at radius 2 is 1.65 bits per heavy atom. The van der Waals surface area contributed by atoms with Gasteiger partial charge >= 0.3 is 0 Å². The Morgan fingerprint density at radius 3 is 2.29 bits per heavy atom. The lowest BCUT2D eigenvalue weighted by Crippen LogP contribution is -2.39. The molecule has 0 fully saturated rings. The van der Waals surface area contributed by atoms with Crippen molar-refractivity contribution < 1.29 is 19.8 Å². The average Bonchev–Trinajstić information content (AvgIpc) is 2.67. The molecule has 0 aromatic carbocycles. The van der Waals surface area contributed by atoms with Crippen LogP contribution in [0.2, 0.25) is 0 Å². The molecule has 0 heterocycles. The standard InChI is InChI=1S/C27H40O4/c1-19(2)9-8-16-27(6,31)25(29)15-13-21(4)11-7-10-20(3)12-14-23-18-24(28)17-22(5)26(23)30/h9,11-12,17-18,25,29,31H,7-8,10,13-16H2,1-6H3/b20-12+,21-11+/t25-,27-/m1/s1. The fourth-order valence-electron chi connectivity index (χ4n) is 3.49. The molecule has 0 radical (unpaired) electrons. The SMILES string of the molecule is CC(C)=CCC[C@@](C)(O)[C@H](O)CC/C(C)=C/CC/C(C)=C/CC1=CC(=O)C=C(C)C1=O. The van der Waals surface area contributed by atoms with Crippen LogP contribution in [-0.2, 0) is 9.59 Å². The Bertz CT molecular complexity index is 799. The van der Waals surface area contributed by atoms with E-state index in [1.54, 1.807) is 13.8 Å². The van der Waals surface area contributed by atoms with Gasteiger partial charge in [0, 0.05) is 11.1 Å².